The van der Waals surface area contributed by atoms with Gasteiger partial charge in [-0.1, -0.05) is 30.3 Å². The molecule has 1 N–H and O–H groups in total. The van der Waals surface area contributed by atoms with Crippen molar-refractivity contribution < 1.29 is 8.83 Å². The molecule has 4 rings (SSSR count). The molecule has 0 aliphatic rings. The van der Waals surface area contributed by atoms with Gasteiger partial charge in [0.15, 0.2) is 16.7 Å². The molecule has 2 aromatic carbocycles. The quantitative estimate of drug-likeness (QED) is 0.582. The second-order valence-electron chi connectivity index (χ2n) is 5.40. The molecule has 5 nitrogen and oxygen atoms in total. The molecule has 0 saturated carbocycles. The van der Waals surface area contributed by atoms with Gasteiger partial charge in [0.05, 0.1) is 0 Å². The van der Waals surface area contributed by atoms with Crippen LogP contribution in [0.1, 0.15) is 11.1 Å². The van der Waals surface area contributed by atoms with Crippen molar-refractivity contribution in [3.05, 3.63) is 70.1 Å². The molecule has 4 aromatic rings. The van der Waals surface area contributed by atoms with E-state index >= 15 is 0 Å². The second-order valence-corrected chi connectivity index (χ2v) is 5.40. The molecular weight excluding hydrogens is 292 g/mol. The van der Waals surface area contributed by atoms with Gasteiger partial charge in [-0.25, -0.2) is 4.79 Å². The molecule has 0 radical (unpaired) electrons. The van der Waals surface area contributed by atoms with Gasteiger partial charge in [-0.15, -0.1) is 0 Å². The first-order valence-corrected chi connectivity index (χ1v) is 7.32. The second kappa shape index (κ2) is 5.28. The average Bonchev–Trinajstić information content (AvgIpc) is 2.97. The van der Waals surface area contributed by atoms with E-state index in [1.165, 1.54) is 6.07 Å². The summed E-state index contributed by atoms with van der Waals surface area (Å²) in [5.74, 6) is 0. The fraction of sp³-hybridized carbons (Fsp3) is 0.111. The van der Waals surface area contributed by atoms with E-state index in [1.54, 1.807) is 0 Å². The molecule has 0 aliphatic carbocycles. The summed E-state index contributed by atoms with van der Waals surface area (Å²) in [6.07, 6.45) is 0. The maximum Gasteiger partial charge on any atom is 0.336 e. The third-order valence-corrected chi connectivity index (χ3v) is 3.76. The van der Waals surface area contributed by atoms with Gasteiger partial charge in [0, 0.05) is 18.0 Å². The van der Waals surface area contributed by atoms with Crippen molar-refractivity contribution in [2.24, 2.45) is 0 Å². The SMILES string of the molecule is Cc1cc(=O)oc2c1ccc1oc(NCc3ccccc3)nc12. The minimum absolute atomic E-state index is 0.385. The predicted octanol–water partition coefficient (Wildman–Crippen LogP) is 3.85. The van der Waals surface area contributed by atoms with Crippen molar-refractivity contribution in [1.82, 2.24) is 4.98 Å². The van der Waals surface area contributed by atoms with Gasteiger partial charge in [0.1, 0.15) is 0 Å². The molecule has 2 aromatic heterocycles. The van der Waals surface area contributed by atoms with E-state index in [1.807, 2.05) is 49.4 Å². The van der Waals surface area contributed by atoms with Gasteiger partial charge in [-0.3, -0.25) is 0 Å². The third-order valence-electron chi connectivity index (χ3n) is 3.76. The molecule has 0 aliphatic heterocycles. The van der Waals surface area contributed by atoms with Gasteiger partial charge < -0.3 is 14.2 Å². The fourth-order valence-electron chi connectivity index (χ4n) is 2.62. The number of anilines is 1. The zero-order valence-corrected chi connectivity index (χ0v) is 12.5. The molecule has 0 fully saturated rings. The summed E-state index contributed by atoms with van der Waals surface area (Å²) in [6, 6.07) is 15.6. The van der Waals surface area contributed by atoms with Crippen molar-refractivity contribution >= 4 is 28.1 Å². The summed E-state index contributed by atoms with van der Waals surface area (Å²) >= 11 is 0. The first kappa shape index (κ1) is 13.6. The number of nitrogens with one attached hydrogen (secondary N) is 1. The van der Waals surface area contributed by atoms with Gasteiger partial charge in [0.2, 0.25) is 0 Å². The van der Waals surface area contributed by atoms with Crippen LogP contribution < -0.4 is 10.9 Å². The molecule has 0 bridgehead atoms. The molecule has 0 saturated heterocycles. The lowest BCUT2D eigenvalue weighted by Crippen LogP contribution is -1.99. The van der Waals surface area contributed by atoms with Gasteiger partial charge >= 0.3 is 5.63 Å². The van der Waals surface area contributed by atoms with E-state index in [0.29, 0.717) is 29.2 Å². The molecule has 114 valence electrons. The summed E-state index contributed by atoms with van der Waals surface area (Å²) in [7, 11) is 0. The lowest BCUT2D eigenvalue weighted by atomic mass is 10.1. The number of aryl methyl sites for hydroxylation is 1. The molecule has 5 heteroatoms. The smallest absolute Gasteiger partial charge is 0.336 e. The largest absolute Gasteiger partial charge is 0.423 e. The molecule has 23 heavy (non-hydrogen) atoms. The zero-order valence-electron chi connectivity index (χ0n) is 12.5. The lowest BCUT2D eigenvalue weighted by molar-refractivity contribution is 0.562. The lowest BCUT2D eigenvalue weighted by Gasteiger charge is -2.00. The molecular formula is C18H14N2O3. The van der Waals surface area contributed by atoms with Crippen molar-refractivity contribution in [2.45, 2.75) is 13.5 Å². The highest BCUT2D eigenvalue weighted by Gasteiger charge is 2.13. The van der Waals surface area contributed by atoms with Crippen LogP contribution in [-0.4, -0.2) is 4.98 Å². The fourth-order valence-corrected chi connectivity index (χ4v) is 2.62. The number of benzene rings is 2. The zero-order chi connectivity index (χ0) is 15.8. The highest BCUT2D eigenvalue weighted by atomic mass is 16.4. The van der Waals surface area contributed by atoms with Crippen molar-refractivity contribution in [1.29, 1.82) is 0 Å². The van der Waals surface area contributed by atoms with Crippen LogP contribution >= 0.6 is 0 Å². The minimum atomic E-state index is -0.385. The van der Waals surface area contributed by atoms with Crippen LogP contribution in [0, 0.1) is 6.92 Å². The minimum Gasteiger partial charge on any atom is -0.423 e. The maximum atomic E-state index is 11.6. The summed E-state index contributed by atoms with van der Waals surface area (Å²) in [5.41, 5.74) is 3.20. The van der Waals surface area contributed by atoms with Crippen LogP contribution in [0.5, 0.6) is 0 Å². The standard InChI is InChI=1S/C18H14N2O3/c1-11-9-15(21)23-17-13(11)7-8-14-16(17)20-18(22-14)19-10-12-5-3-2-4-6-12/h2-9H,10H2,1H3,(H,19,20). The highest BCUT2D eigenvalue weighted by molar-refractivity contribution is 6.01. The van der Waals surface area contributed by atoms with Crippen LogP contribution in [0.25, 0.3) is 22.1 Å². The van der Waals surface area contributed by atoms with Gasteiger partial charge in [-0.2, -0.15) is 4.98 Å². The summed E-state index contributed by atoms with van der Waals surface area (Å²) in [5, 5.41) is 4.01. The Morgan fingerprint density at radius 3 is 2.74 bits per heavy atom. The number of hydrogen-bond donors (Lipinski definition) is 1. The number of fused-ring (bicyclic) bond motifs is 3. The van der Waals surface area contributed by atoms with Crippen molar-refractivity contribution in [2.75, 3.05) is 5.32 Å². The Balaban J connectivity index is 1.75. The molecule has 0 amide bonds. The Morgan fingerprint density at radius 1 is 1.09 bits per heavy atom. The van der Waals surface area contributed by atoms with E-state index < -0.39 is 0 Å². The third kappa shape index (κ3) is 2.46. The Labute approximate surface area is 131 Å². The van der Waals surface area contributed by atoms with Gasteiger partial charge in [0.25, 0.3) is 6.01 Å². The Hall–Kier alpha value is -3.08. The predicted molar refractivity (Wildman–Crippen MR) is 88.6 cm³/mol. The van der Waals surface area contributed by atoms with Crippen molar-refractivity contribution in [3.8, 4) is 0 Å². The number of aromatic nitrogens is 1. The Kier molecular flexibility index (Phi) is 3.12. The van der Waals surface area contributed by atoms with Crippen LogP contribution in [-0.2, 0) is 6.54 Å². The molecule has 0 unspecified atom stereocenters. The van der Waals surface area contributed by atoms with E-state index in [-0.39, 0.29) is 5.63 Å². The number of hydrogen-bond acceptors (Lipinski definition) is 5. The van der Waals surface area contributed by atoms with Crippen LogP contribution in [0.2, 0.25) is 0 Å². The topological polar surface area (TPSA) is 68.3 Å². The van der Waals surface area contributed by atoms with E-state index in [0.717, 1.165) is 16.5 Å². The first-order chi connectivity index (χ1) is 11.2. The molecule has 0 atom stereocenters. The summed E-state index contributed by atoms with van der Waals surface area (Å²) in [4.78, 5) is 16.1. The van der Waals surface area contributed by atoms with Gasteiger partial charge in [-0.05, 0) is 30.2 Å². The van der Waals surface area contributed by atoms with Crippen LogP contribution in [0.15, 0.2) is 62.2 Å². The summed E-state index contributed by atoms with van der Waals surface area (Å²) in [6.45, 7) is 2.48. The normalized spacial score (nSPS) is 11.2. The molecule has 2 heterocycles. The maximum absolute atomic E-state index is 11.6. The van der Waals surface area contributed by atoms with E-state index in [9.17, 15) is 4.79 Å². The Bertz CT molecular complexity index is 1050. The van der Waals surface area contributed by atoms with E-state index in [4.69, 9.17) is 8.83 Å². The van der Waals surface area contributed by atoms with Crippen LogP contribution in [0.4, 0.5) is 6.01 Å². The first-order valence-electron chi connectivity index (χ1n) is 7.32. The number of nitrogens with zero attached hydrogens (tertiary/aromatic N) is 1. The van der Waals surface area contributed by atoms with E-state index in [2.05, 4.69) is 10.3 Å². The van der Waals surface area contributed by atoms with Crippen LogP contribution in [0.3, 0.4) is 0 Å². The average molecular weight is 306 g/mol. The number of oxazole rings is 1. The van der Waals surface area contributed by atoms with Crippen molar-refractivity contribution in [3.63, 3.8) is 0 Å². The Morgan fingerprint density at radius 2 is 1.91 bits per heavy atom. The monoisotopic (exact) mass is 306 g/mol. The summed E-state index contributed by atoms with van der Waals surface area (Å²) < 4.78 is 11.0. The highest BCUT2D eigenvalue weighted by Crippen LogP contribution is 2.28. The number of rotatable bonds is 3. The molecule has 0 spiro atoms.